The molecule has 2 aromatic rings. The minimum Gasteiger partial charge on any atom is -0.441 e. The fraction of sp³-hybridized carbons (Fsp3) is 0.444. The molecule has 1 saturated heterocycles. The Bertz CT molecular complexity index is 705. The number of aromatic nitrogens is 1. The third-order valence-corrected chi connectivity index (χ3v) is 4.50. The van der Waals surface area contributed by atoms with E-state index >= 15 is 0 Å². The fourth-order valence-corrected chi connectivity index (χ4v) is 3.00. The van der Waals surface area contributed by atoms with Crippen molar-refractivity contribution in [3.05, 3.63) is 42.2 Å². The Morgan fingerprint density at radius 2 is 2.00 bits per heavy atom. The second-order valence-electron chi connectivity index (χ2n) is 6.08. The maximum absolute atomic E-state index is 13.8. The molecule has 3 rings (SSSR count). The van der Waals surface area contributed by atoms with Crippen LogP contribution in [0, 0.1) is 5.82 Å². The van der Waals surface area contributed by atoms with Crippen LogP contribution in [0.3, 0.4) is 0 Å². The standard InChI is InChI=1S/C18H22FN3O2.2ClH/c1-22(13-8-10-20-11-9-13)18(23)7-6-17-21-12-16(24-17)14-4-2-3-5-15(14)19;;/h2-5,12-13,20H,6-11H2,1H3;2*1H. The molecule has 0 radical (unpaired) electrons. The highest BCUT2D eigenvalue weighted by Crippen LogP contribution is 2.23. The van der Waals surface area contributed by atoms with E-state index < -0.39 is 0 Å². The van der Waals surface area contributed by atoms with E-state index in [4.69, 9.17) is 4.42 Å². The number of halogens is 3. The monoisotopic (exact) mass is 403 g/mol. The Morgan fingerprint density at radius 1 is 1.31 bits per heavy atom. The molecule has 0 unspecified atom stereocenters. The summed E-state index contributed by atoms with van der Waals surface area (Å²) < 4.78 is 19.4. The molecule has 0 bridgehead atoms. The molecule has 1 aliphatic rings. The number of carbonyl (C=O) groups is 1. The van der Waals surface area contributed by atoms with E-state index in [9.17, 15) is 9.18 Å². The van der Waals surface area contributed by atoms with Crippen molar-refractivity contribution in [3.8, 4) is 11.3 Å². The van der Waals surface area contributed by atoms with Crippen molar-refractivity contribution >= 4 is 30.7 Å². The third kappa shape index (κ3) is 5.43. The average molecular weight is 404 g/mol. The van der Waals surface area contributed by atoms with Crippen molar-refractivity contribution in [2.24, 2.45) is 0 Å². The molecular weight excluding hydrogens is 380 g/mol. The van der Waals surface area contributed by atoms with Crippen LogP contribution in [0.4, 0.5) is 4.39 Å². The van der Waals surface area contributed by atoms with Gasteiger partial charge in [-0.3, -0.25) is 4.79 Å². The molecule has 0 aliphatic carbocycles. The van der Waals surface area contributed by atoms with Gasteiger partial charge in [-0.15, -0.1) is 24.8 Å². The Hall–Kier alpha value is -1.63. The fourth-order valence-electron chi connectivity index (χ4n) is 3.00. The lowest BCUT2D eigenvalue weighted by Gasteiger charge is -2.31. The van der Waals surface area contributed by atoms with E-state index in [1.54, 1.807) is 18.2 Å². The first-order chi connectivity index (χ1) is 11.6. The second-order valence-corrected chi connectivity index (χ2v) is 6.08. The average Bonchev–Trinajstić information content (AvgIpc) is 3.09. The number of benzene rings is 1. The first-order valence-electron chi connectivity index (χ1n) is 8.31. The van der Waals surface area contributed by atoms with Crippen molar-refractivity contribution < 1.29 is 13.6 Å². The lowest BCUT2D eigenvalue weighted by molar-refractivity contribution is -0.132. The molecule has 2 heterocycles. The van der Waals surface area contributed by atoms with Crippen LogP contribution in [0.5, 0.6) is 0 Å². The summed E-state index contributed by atoms with van der Waals surface area (Å²) in [6.07, 6.45) is 4.24. The largest absolute Gasteiger partial charge is 0.441 e. The summed E-state index contributed by atoms with van der Waals surface area (Å²) in [5.41, 5.74) is 0.384. The Morgan fingerprint density at radius 3 is 2.69 bits per heavy atom. The molecule has 5 nitrogen and oxygen atoms in total. The zero-order chi connectivity index (χ0) is 16.9. The van der Waals surface area contributed by atoms with Crippen LogP contribution in [-0.2, 0) is 11.2 Å². The molecule has 1 amide bonds. The summed E-state index contributed by atoms with van der Waals surface area (Å²) in [5, 5.41) is 3.30. The first-order valence-corrected chi connectivity index (χ1v) is 8.31. The SMILES string of the molecule is CN(C(=O)CCc1ncc(-c2ccccc2F)o1)C1CCNCC1.Cl.Cl. The van der Waals surface area contributed by atoms with Crippen LogP contribution >= 0.6 is 24.8 Å². The molecule has 1 aromatic heterocycles. The predicted molar refractivity (Wildman–Crippen MR) is 103 cm³/mol. The van der Waals surface area contributed by atoms with Crippen LogP contribution in [-0.4, -0.2) is 42.0 Å². The molecule has 0 spiro atoms. The van der Waals surface area contributed by atoms with Crippen LogP contribution in [0.25, 0.3) is 11.3 Å². The van der Waals surface area contributed by atoms with Gasteiger partial charge in [0.05, 0.1) is 11.8 Å². The van der Waals surface area contributed by atoms with Crippen LogP contribution < -0.4 is 5.32 Å². The number of hydrogen-bond acceptors (Lipinski definition) is 4. The summed E-state index contributed by atoms with van der Waals surface area (Å²) >= 11 is 0. The van der Waals surface area contributed by atoms with E-state index in [1.165, 1.54) is 12.3 Å². The van der Waals surface area contributed by atoms with Gasteiger partial charge in [-0.05, 0) is 38.1 Å². The Balaban J connectivity index is 0.00000169. The van der Waals surface area contributed by atoms with Gasteiger partial charge in [0.2, 0.25) is 5.91 Å². The van der Waals surface area contributed by atoms with Crippen molar-refractivity contribution in [1.29, 1.82) is 0 Å². The van der Waals surface area contributed by atoms with Crippen LogP contribution in [0.15, 0.2) is 34.9 Å². The second kappa shape index (κ2) is 10.5. The summed E-state index contributed by atoms with van der Waals surface area (Å²) in [6.45, 7) is 1.90. The van der Waals surface area contributed by atoms with Crippen molar-refractivity contribution in [2.45, 2.75) is 31.7 Å². The summed E-state index contributed by atoms with van der Waals surface area (Å²) in [5.74, 6) is 0.594. The topological polar surface area (TPSA) is 58.4 Å². The molecule has 1 aliphatic heterocycles. The van der Waals surface area contributed by atoms with Crippen LogP contribution in [0.1, 0.15) is 25.2 Å². The van der Waals surface area contributed by atoms with E-state index in [1.807, 2.05) is 11.9 Å². The van der Waals surface area contributed by atoms with Gasteiger partial charge in [-0.2, -0.15) is 0 Å². The molecule has 0 atom stereocenters. The highest BCUT2D eigenvalue weighted by molar-refractivity contribution is 5.85. The van der Waals surface area contributed by atoms with Gasteiger partial charge < -0.3 is 14.6 Å². The van der Waals surface area contributed by atoms with Crippen molar-refractivity contribution in [3.63, 3.8) is 0 Å². The minimum atomic E-state index is -0.345. The van der Waals surface area contributed by atoms with E-state index in [-0.39, 0.29) is 36.5 Å². The molecule has 144 valence electrons. The van der Waals surface area contributed by atoms with Gasteiger partial charge in [-0.1, -0.05) is 12.1 Å². The van der Waals surface area contributed by atoms with Crippen molar-refractivity contribution in [2.75, 3.05) is 20.1 Å². The van der Waals surface area contributed by atoms with Gasteiger partial charge in [0.1, 0.15) is 5.82 Å². The maximum Gasteiger partial charge on any atom is 0.223 e. The zero-order valence-electron chi connectivity index (χ0n) is 14.6. The summed E-state index contributed by atoms with van der Waals surface area (Å²) in [7, 11) is 1.86. The van der Waals surface area contributed by atoms with Gasteiger partial charge in [0, 0.05) is 25.9 Å². The Labute approximate surface area is 165 Å². The predicted octanol–water partition coefficient (Wildman–Crippen LogP) is 3.47. The lowest BCUT2D eigenvalue weighted by atomic mass is 10.0. The molecule has 26 heavy (non-hydrogen) atoms. The number of piperidine rings is 1. The summed E-state index contributed by atoms with van der Waals surface area (Å²) in [6, 6.07) is 6.71. The van der Waals surface area contributed by atoms with E-state index in [2.05, 4.69) is 10.3 Å². The van der Waals surface area contributed by atoms with E-state index in [0.717, 1.165) is 25.9 Å². The smallest absolute Gasteiger partial charge is 0.223 e. The number of amides is 1. The van der Waals surface area contributed by atoms with Gasteiger partial charge >= 0.3 is 0 Å². The minimum absolute atomic E-state index is 0. The van der Waals surface area contributed by atoms with Crippen LogP contribution in [0.2, 0.25) is 0 Å². The maximum atomic E-state index is 13.8. The third-order valence-electron chi connectivity index (χ3n) is 4.50. The highest BCUT2D eigenvalue weighted by Gasteiger charge is 2.22. The molecule has 1 fully saturated rings. The Kier molecular flexibility index (Phi) is 9.05. The lowest BCUT2D eigenvalue weighted by Crippen LogP contribution is -2.44. The molecule has 8 heteroatoms. The number of aryl methyl sites for hydroxylation is 1. The quantitative estimate of drug-likeness (QED) is 0.829. The summed E-state index contributed by atoms with van der Waals surface area (Å²) in [4.78, 5) is 18.3. The molecule has 0 saturated carbocycles. The number of carbonyl (C=O) groups excluding carboxylic acids is 1. The van der Waals surface area contributed by atoms with Gasteiger partial charge in [-0.25, -0.2) is 9.37 Å². The molecule has 1 aromatic carbocycles. The number of nitrogens with zero attached hydrogens (tertiary/aromatic N) is 2. The molecular formula is C18H24Cl2FN3O2. The number of oxazole rings is 1. The molecule has 1 N–H and O–H groups in total. The zero-order valence-corrected chi connectivity index (χ0v) is 16.2. The highest BCUT2D eigenvalue weighted by atomic mass is 35.5. The van der Waals surface area contributed by atoms with E-state index in [0.29, 0.717) is 36.1 Å². The number of hydrogen-bond donors (Lipinski definition) is 1. The van der Waals surface area contributed by atoms with Crippen molar-refractivity contribution in [1.82, 2.24) is 15.2 Å². The normalized spacial score (nSPS) is 14.2. The van der Waals surface area contributed by atoms with Gasteiger partial charge in [0.15, 0.2) is 11.7 Å². The number of nitrogens with one attached hydrogen (secondary N) is 1. The number of rotatable bonds is 5. The van der Waals surface area contributed by atoms with Gasteiger partial charge in [0.25, 0.3) is 0 Å². The first kappa shape index (κ1) is 22.4.